The summed E-state index contributed by atoms with van der Waals surface area (Å²) in [6, 6.07) is 24.9. The molecule has 2 heterocycles. The van der Waals surface area contributed by atoms with Gasteiger partial charge in [0.25, 0.3) is 0 Å². The zero-order valence-corrected chi connectivity index (χ0v) is 20.9. The van der Waals surface area contributed by atoms with E-state index < -0.39 is 11.2 Å². The Kier molecular flexibility index (Phi) is 5.04. The number of hydrogen-bond acceptors (Lipinski definition) is 5. The molecule has 0 spiro atoms. The van der Waals surface area contributed by atoms with Gasteiger partial charge in [-0.05, 0) is 56.7 Å². The van der Waals surface area contributed by atoms with Gasteiger partial charge >= 0.3 is 7.48 Å². The average molecular weight is 478 g/mol. The van der Waals surface area contributed by atoms with Gasteiger partial charge < -0.3 is 14.2 Å². The number of benzene rings is 4. The molecule has 0 fully saturated rings. The van der Waals surface area contributed by atoms with Crippen LogP contribution in [0, 0.1) is 0 Å². The van der Waals surface area contributed by atoms with Crippen LogP contribution < -0.4 is 5.46 Å². The van der Waals surface area contributed by atoms with E-state index in [0.717, 1.165) is 43.5 Å². The number of fused-ring (bicyclic) bond motifs is 6. The van der Waals surface area contributed by atoms with E-state index in [1.54, 1.807) is 32.7 Å². The summed E-state index contributed by atoms with van der Waals surface area (Å²) >= 11 is 1.72. The molecular formula is C29H25BNO3S. The predicted molar refractivity (Wildman–Crippen MR) is 147 cm³/mol. The summed E-state index contributed by atoms with van der Waals surface area (Å²) in [4.78, 5) is 4.99. The third-order valence-electron chi connectivity index (χ3n) is 6.99. The molecule has 6 heteroatoms. The average Bonchev–Trinajstić information content (AvgIpc) is 3.43. The highest BCUT2D eigenvalue weighted by molar-refractivity contribution is 7.22. The van der Waals surface area contributed by atoms with Crippen LogP contribution in [-0.2, 0) is 4.65 Å². The van der Waals surface area contributed by atoms with E-state index in [1.165, 1.54) is 15.5 Å². The summed E-state index contributed by atoms with van der Waals surface area (Å²) in [5, 5.41) is 15.9. The van der Waals surface area contributed by atoms with E-state index in [9.17, 15) is 5.11 Å². The topological polar surface area (TPSA) is 55.5 Å². The zero-order valence-electron chi connectivity index (χ0n) is 20.1. The molecule has 2 aromatic heterocycles. The summed E-state index contributed by atoms with van der Waals surface area (Å²) in [7, 11) is 1.68. The molecule has 0 saturated carbocycles. The smallest absolute Gasteiger partial charge is 0.331 e. The van der Waals surface area contributed by atoms with Crippen molar-refractivity contribution in [2.75, 3.05) is 0 Å². The van der Waals surface area contributed by atoms with Crippen LogP contribution in [0.4, 0.5) is 0 Å². The third-order valence-corrected chi connectivity index (χ3v) is 8.13. The number of aliphatic hydroxyl groups is 1. The molecule has 1 N–H and O–H groups in total. The summed E-state index contributed by atoms with van der Waals surface area (Å²) < 4.78 is 13.4. The minimum Gasteiger partial charge on any atom is -0.456 e. The minimum atomic E-state index is -0.982. The number of furan rings is 1. The quantitative estimate of drug-likeness (QED) is 0.276. The van der Waals surface area contributed by atoms with Gasteiger partial charge in [0.2, 0.25) is 0 Å². The number of hydrogen-bond donors (Lipinski definition) is 1. The first-order valence-electron chi connectivity index (χ1n) is 11.7. The van der Waals surface area contributed by atoms with Gasteiger partial charge in [0, 0.05) is 21.7 Å². The van der Waals surface area contributed by atoms with Crippen LogP contribution in [0.25, 0.3) is 53.5 Å². The van der Waals surface area contributed by atoms with Gasteiger partial charge in [-0.1, -0.05) is 54.6 Å². The van der Waals surface area contributed by atoms with E-state index in [2.05, 4.69) is 48.5 Å². The van der Waals surface area contributed by atoms with Gasteiger partial charge in [-0.15, -0.1) is 11.3 Å². The van der Waals surface area contributed by atoms with E-state index in [0.29, 0.717) is 0 Å². The molecule has 4 aromatic carbocycles. The summed E-state index contributed by atoms with van der Waals surface area (Å²) in [6.07, 6.45) is 0. The first-order chi connectivity index (χ1) is 16.7. The second kappa shape index (κ2) is 7.92. The van der Waals surface area contributed by atoms with Crippen molar-refractivity contribution in [1.82, 2.24) is 4.98 Å². The maximum absolute atomic E-state index is 10.4. The van der Waals surface area contributed by atoms with Crippen molar-refractivity contribution in [2.24, 2.45) is 0 Å². The van der Waals surface area contributed by atoms with E-state index in [1.807, 2.05) is 38.1 Å². The molecule has 173 valence electrons. The third kappa shape index (κ3) is 3.73. The van der Waals surface area contributed by atoms with Crippen molar-refractivity contribution in [3.05, 3.63) is 72.8 Å². The zero-order chi connectivity index (χ0) is 24.4. The Balaban J connectivity index is 1.44. The number of aromatic nitrogens is 1. The molecule has 4 nitrogen and oxygen atoms in total. The molecule has 0 aliphatic carbocycles. The van der Waals surface area contributed by atoms with Crippen LogP contribution in [0.2, 0.25) is 0 Å². The molecule has 6 aromatic rings. The lowest BCUT2D eigenvalue weighted by molar-refractivity contribution is -0.0893. The summed E-state index contributed by atoms with van der Waals surface area (Å²) in [5.74, 6) is 0. The Bertz CT molecular complexity index is 1730. The van der Waals surface area contributed by atoms with Gasteiger partial charge in [-0.25, -0.2) is 4.98 Å². The molecule has 0 amide bonds. The Labute approximate surface area is 208 Å². The van der Waals surface area contributed by atoms with Crippen molar-refractivity contribution in [2.45, 2.75) is 38.9 Å². The van der Waals surface area contributed by atoms with Crippen molar-refractivity contribution in [3.63, 3.8) is 0 Å². The Morgan fingerprint density at radius 1 is 0.886 bits per heavy atom. The molecule has 1 radical (unpaired) electrons. The minimum absolute atomic E-state index is 0.736. The highest BCUT2D eigenvalue weighted by Gasteiger charge is 2.35. The van der Waals surface area contributed by atoms with Crippen LogP contribution in [-0.4, -0.2) is 28.8 Å². The van der Waals surface area contributed by atoms with Gasteiger partial charge in [-0.2, -0.15) is 0 Å². The van der Waals surface area contributed by atoms with Crippen molar-refractivity contribution in [3.8, 4) is 10.6 Å². The first-order valence-corrected chi connectivity index (χ1v) is 12.5. The van der Waals surface area contributed by atoms with Crippen LogP contribution in [0.3, 0.4) is 0 Å². The molecule has 0 atom stereocenters. The standard InChI is InChI=1S/C29H25BNO3S/c1-28(2,32)29(3,4)34-30-18-13-14-20-24(16-18)33-23-11-7-10-21(25(20)23)27-31-22-15-12-17-8-5-6-9-19(17)26(22)35-27/h5-16,32H,1-4H3. The molecule has 0 unspecified atom stereocenters. The van der Waals surface area contributed by atoms with Gasteiger partial charge in [-0.3, -0.25) is 0 Å². The lowest BCUT2D eigenvalue weighted by atomic mass is 9.82. The Morgan fingerprint density at radius 3 is 2.54 bits per heavy atom. The van der Waals surface area contributed by atoms with Crippen LogP contribution >= 0.6 is 11.3 Å². The largest absolute Gasteiger partial charge is 0.456 e. The highest BCUT2D eigenvalue weighted by atomic mass is 32.1. The molecule has 0 saturated heterocycles. The fourth-order valence-corrected chi connectivity index (χ4v) is 5.36. The van der Waals surface area contributed by atoms with Crippen LogP contribution in [0.5, 0.6) is 0 Å². The van der Waals surface area contributed by atoms with Crippen LogP contribution in [0.15, 0.2) is 77.2 Å². The maximum Gasteiger partial charge on any atom is 0.331 e. The maximum atomic E-state index is 10.4. The molecular weight excluding hydrogens is 453 g/mol. The van der Waals surface area contributed by atoms with Crippen molar-refractivity contribution >= 4 is 67.2 Å². The fraction of sp³-hybridized carbons (Fsp3) is 0.207. The molecule has 35 heavy (non-hydrogen) atoms. The monoisotopic (exact) mass is 478 g/mol. The highest BCUT2D eigenvalue weighted by Crippen LogP contribution is 2.40. The summed E-state index contributed by atoms with van der Waals surface area (Å²) in [6.45, 7) is 7.23. The van der Waals surface area contributed by atoms with E-state index >= 15 is 0 Å². The SMILES string of the molecule is CC(C)(O)C(C)(C)O[B]c1ccc2c(c1)oc1cccc(-c3nc4ccc5ccccc5c4s3)c12. The Morgan fingerprint density at radius 2 is 1.71 bits per heavy atom. The van der Waals surface area contributed by atoms with Gasteiger partial charge in [0.05, 0.1) is 21.4 Å². The van der Waals surface area contributed by atoms with Crippen molar-refractivity contribution < 1.29 is 14.2 Å². The normalized spacial score (nSPS) is 12.8. The lowest BCUT2D eigenvalue weighted by Crippen LogP contribution is -2.49. The molecule has 0 aliphatic heterocycles. The van der Waals surface area contributed by atoms with Crippen molar-refractivity contribution in [1.29, 1.82) is 0 Å². The van der Waals surface area contributed by atoms with Crippen LogP contribution in [0.1, 0.15) is 27.7 Å². The van der Waals surface area contributed by atoms with Gasteiger partial charge in [0.1, 0.15) is 16.2 Å². The van der Waals surface area contributed by atoms with E-state index in [4.69, 9.17) is 14.1 Å². The summed E-state index contributed by atoms with van der Waals surface area (Å²) in [5.41, 5.74) is 2.86. The molecule has 6 rings (SSSR count). The Hall–Kier alpha value is -3.19. The van der Waals surface area contributed by atoms with E-state index in [-0.39, 0.29) is 0 Å². The second-order valence-electron chi connectivity index (χ2n) is 10.00. The number of thiazole rings is 1. The lowest BCUT2D eigenvalue weighted by Gasteiger charge is -2.37. The fourth-order valence-electron chi connectivity index (χ4n) is 4.22. The predicted octanol–water partition coefficient (Wildman–Crippen LogP) is 6.83. The number of nitrogens with zero attached hydrogens (tertiary/aromatic N) is 1. The van der Waals surface area contributed by atoms with Gasteiger partial charge in [0.15, 0.2) is 0 Å². The molecule has 0 aliphatic rings. The molecule has 0 bridgehead atoms. The first kappa shape index (κ1) is 22.3. The number of rotatable bonds is 5. The second-order valence-corrected chi connectivity index (χ2v) is 11.0.